The summed E-state index contributed by atoms with van der Waals surface area (Å²) in [6.07, 6.45) is 10.4. The number of imide groups is 1. The van der Waals surface area contributed by atoms with Gasteiger partial charge >= 0.3 is 0 Å². The quantitative estimate of drug-likeness (QED) is 0.0355. The van der Waals surface area contributed by atoms with Gasteiger partial charge in [-0.05, 0) is 99.4 Å². The Labute approximate surface area is 452 Å². The minimum absolute atomic E-state index is 0.000586. The average Bonchev–Trinajstić information content (AvgIpc) is 4.18. The zero-order valence-electron chi connectivity index (χ0n) is 47.2. The Morgan fingerprint density at radius 2 is 1.51 bits per heavy atom. The molecule has 5 amide bonds. The van der Waals surface area contributed by atoms with E-state index in [9.17, 15) is 28.8 Å². The van der Waals surface area contributed by atoms with Crippen LogP contribution in [0.3, 0.4) is 0 Å². The summed E-state index contributed by atoms with van der Waals surface area (Å²) in [7, 11) is 5.17. The summed E-state index contributed by atoms with van der Waals surface area (Å²) < 4.78 is 18.4. The normalized spacial score (nSPS) is 18.6. The molecule has 1 fully saturated rings. The summed E-state index contributed by atoms with van der Waals surface area (Å²) in [6.45, 7) is 17.7. The second kappa shape index (κ2) is 30.3. The molecule has 0 aliphatic carbocycles. The molecule has 1 saturated heterocycles. The fourth-order valence-electron chi connectivity index (χ4n) is 11.1. The summed E-state index contributed by atoms with van der Waals surface area (Å²) in [4.78, 5) is 90.0. The molecule has 3 aromatic rings. The first-order valence-corrected chi connectivity index (χ1v) is 27.8. The molecule has 5 rings (SSSR count). The SMILES string of the molecule is CC[C@H](C)[C@H](CC(C)CC(=O)[C@@H](NC(=O)[C@H](C(C)C)N(C)CCCCCCN1C(=O)C=CC1=O)C(C)C)[C@@H](CC(=O)N1CCC[C@H]1[C@H](OC)[C@@H](C)C(=O)N=CC(Cc1ccccc1)c1nnc(-c2ccccc2)o1)OC. The van der Waals surface area contributed by atoms with Crippen molar-refractivity contribution >= 4 is 41.5 Å². The summed E-state index contributed by atoms with van der Waals surface area (Å²) in [5.74, 6) is -1.59. The van der Waals surface area contributed by atoms with E-state index >= 15 is 0 Å². The highest BCUT2D eigenvalue weighted by molar-refractivity contribution is 6.12. The predicted molar refractivity (Wildman–Crippen MR) is 295 cm³/mol. The minimum atomic E-state index is -0.672. The average molecular weight is 1050 g/mol. The molecular formula is C60H87N7O9. The Morgan fingerprint density at radius 1 is 0.855 bits per heavy atom. The molecule has 2 unspecified atom stereocenters. The van der Waals surface area contributed by atoms with Crippen LogP contribution >= 0.6 is 0 Å². The number of ether oxygens (including phenoxy) is 2. The lowest BCUT2D eigenvalue weighted by Crippen LogP contribution is -2.54. The van der Waals surface area contributed by atoms with Crippen molar-refractivity contribution in [2.75, 3.05) is 40.9 Å². The van der Waals surface area contributed by atoms with Gasteiger partial charge < -0.3 is 24.1 Å². The zero-order valence-corrected chi connectivity index (χ0v) is 47.2. The molecule has 0 spiro atoms. The van der Waals surface area contributed by atoms with Crippen LogP contribution in [0.2, 0.25) is 0 Å². The van der Waals surface area contributed by atoms with Crippen LogP contribution in [0.1, 0.15) is 137 Å². The third-order valence-electron chi connectivity index (χ3n) is 15.6. The van der Waals surface area contributed by atoms with Crippen LogP contribution in [0.5, 0.6) is 0 Å². The van der Waals surface area contributed by atoms with E-state index in [1.807, 2.05) is 100 Å². The van der Waals surface area contributed by atoms with Crippen LogP contribution in [0.4, 0.5) is 0 Å². The molecular weight excluding hydrogens is 963 g/mol. The van der Waals surface area contributed by atoms with Crippen LogP contribution in [0.25, 0.3) is 11.5 Å². The van der Waals surface area contributed by atoms with Gasteiger partial charge in [-0.2, -0.15) is 0 Å². The number of likely N-dealkylation sites (N-methyl/N-ethyl adjacent to an activating group) is 1. The van der Waals surface area contributed by atoms with E-state index < -0.39 is 36.1 Å². The number of methoxy groups -OCH3 is 2. The van der Waals surface area contributed by atoms with Crippen LogP contribution in [-0.2, 0) is 44.7 Å². The van der Waals surface area contributed by atoms with Crippen LogP contribution in [0, 0.1) is 35.5 Å². The largest absolute Gasteiger partial charge is 0.420 e. The van der Waals surface area contributed by atoms with E-state index in [1.165, 1.54) is 17.1 Å². The Morgan fingerprint density at radius 3 is 2.13 bits per heavy atom. The Balaban J connectivity index is 1.18. The Hall–Kier alpha value is -5.71. The number of Topliss-reactive ketones (excluding diaryl/α,β-unsaturated/α-hetero) is 1. The second-order valence-electron chi connectivity index (χ2n) is 22.0. The fraction of sp³-hybridized carbons (Fsp3) is 0.617. The summed E-state index contributed by atoms with van der Waals surface area (Å²) in [6, 6.07) is 17.9. The molecule has 416 valence electrons. The number of carbonyl (C=O) groups excluding carboxylic acids is 6. The van der Waals surface area contributed by atoms with Crippen molar-refractivity contribution in [3.63, 3.8) is 0 Å². The first-order valence-electron chi connectivity index (χ1n) is 27.8. The van der Waals surface area contributed by atoms with Crippen molar-refractivity contribution in [2.45, 2.75) is 162 Å². The number of hydrogen-bond donors (Lipinski definition) is 1. The van der Waals surface area contributed by atoms with Gasteiger partial charge in [-0.1, -0.05) is 123 Å². The molecule has 10 atom stereocenters. The van der Waals surface area contributed by atoms with Gasteiger partial charge in [-0.3, -0.25) is 38.6 Å². The molecule has 3 heterocycles. The Bertz CT molecular complexity index is 2370. The van der Waals surface area contributed by atoms with Crippen molar-refractivity contribution < 1.29 is 42.7 Å². The molecule has 76 heavy (non-hydrogen) atoms. The van der Waals surface area contributed by atoms with Crippen LogP contribution < -0.4 is 5.32 Å². The summed E-state index contributed by atoms with van der Waals surface area (Å²) >= 11 is 0. The summed E-state index contributed by atoms with van der Waals surface area (Å²) in [5.41, 5.74) is 1.81. The Kier molecular flexibility index (Phi) is 24.4. The summed E-state index contributed by atoms with van der Waals surface area (Å²) in [5, 5.41) is 11.8. The smallest absolute Gasteiger partial charge is 0.253 e. The topological polar surface area (TPSA) is 194 Å². The van der Waals surface area contributed by atoms with E-state index in [-0.39, 0.29) is 83.8 Å². The lowest BCUT2D eigenvalue weighted by atomic mass is 9.77. The van der Waals surface area contributed by atoms with E-state index in [4.69, 9.17) is 13.9 Å². The van der Waals surface area contributed by atoms with Gasteiger partial charge in [0.1, 0.15) is 0 Å². The molecule has 0 radical (unpaired) electrons. The number of carbonyl (C=O) groups is 6. The maximum Gasteiger partial charge on any atom is 0.253 e. The number of aliphatic imine (C=N–C) groups is 1. The highest BCUT2D eigenvalue weighted by atomic mass is 16.5. The van der Waals surface area contributed by atoms with Crippen LogP contribution in [-0.4, -0.2) is 138 Å². The monoisotopic (exact) mass is 1050 g/mol. The molecule has 2 aliphatic heterocycles. The molecule has 0 bridgehead atoms. The number of amides is 5. The third kappa shape index (κ3) is 17.1. The second-order valence-corrected chi connectivity index (χ2v) is 22.0. The third-order valence-corrected chi connectivity index (χ3v) is 15.6. The van der Waals surface area contributed by atoms with E-state index in [0.717, 1.165) is 49.7 Å². The maximum atomic E-state index is 14.5. The van der Waals surface area contributed by atoms with Gasteiger partial charge in [-0.25, -0.2) is 4.99 Å². The first-order chi connectivity index (χ1) is 36.4. The lowest BCUT2D eigenvalue weighted by molar-refractivity contribution is -0.142. The molecule has 0 saturated carbocycles. The first kappa shape index (κ1) is 61.1. The number of nitrogens with one attached hydrogen (secondary N) is 1. The lowest BCUT2D eigenvalue weighted by Gasteiger charge is -2.36. The van der Waals surface area contributed by atoms with Crippen molar-refractivity contribution in [1.82, 2.24) is 30.2 Å². The zero-order chi connectivity index (χ0) is 55.5. The molecule has 16 heteroatoms. The number of ketones is 1. The number of nitrogens with zero attached hydrogens (tertiary/aromatic N) is 6. The van der Waals surface area contributed by atoms with Crippen molar-refractivity contribution in [1.29, 1.82) is 0 Å². The molecule has 1 N–H and O–H groups in total. The van der Waals surface area contributed by atoms with E-state index in [0.29, 0.717) is 50.7 Å². The van der Waals surface area contributed by atoms with Crippen LogP contribution in [0.15, 0.2) is 82.2 Å². The highest BCUT2D eigenvalue weighted by Gasteiger charge is 2.42. The predicted octanol–water partition coefficient (Wildman–Crippen LogP) is 8.94. The van der Waals surface area contributed by atoms with Crippen molar-refractivity contribution in [3.05, 3.63) is 84.3 Å². The van der Waals surface area contributed by atoms with E-state index in [2.05, 4.69) is 46.2 Å². The minimum Gasteiger partial charge on any atom is -0.420 e. The van der Waals surface area contributed by atoms with Gasteiger partial charge in [-0.15, -0.1) is 10.2 Å². The fourth-order valence-corrected chi connectivity index (χ4v) is 11.1. The van der Waals surface area contributed by atoms with Crippen molar-refractivity contribution in [2.24, 2.45) is 40.5 Å². The number of unbranched alkanes of at least 4 members (excludes halogenated alkanes) is 3. The standard InChI is InChI=1S/C60H87N7O9/c1-12-42(7)47(34-41(6)35-49(68)54(39(2)3)62-58(73)55(40(4)5)65(9)31-21-13-14-22-32-67-51(69)29-30-52(67)70)50(74-10)37-53(71)66-33-23-28-48(66)56(75-11)43(8)57(72)61-38-46(36-44-24-17-15-18-25-44)60-64-63-59(76-60)45-26-19-16-20-27-45/h15-20,24-27,29-30,38-43,46-48,50,54-56H,12-14,21-23,28,31-37H2,1-11H3,(H,62,73)/t41?,42-,43+,46?,47-,48-,50+,54-,55-,56+/m0/s1. The van der Waals surface area contributed by atoms with Gasteiger partial charge in [0.2, 0.25) is 23.6 Å². The van der Waals surface area contributed by atoms with Crippen molar-refractivity contribution in [3.8, 4) is 11.5 Å². The number of aromatic nitrogens is 2. The van der Waals surface area contributed by atoms with Gasteiger partial charge in [0.15, 0.2) is 5.78 Å². The molecule has 2 aromatic carbocycles. The number of rotatable bonds is 32. The van der Waals surface area contributed by atoms with E-state index in [1.54, 1.807) is 27.4 Å². The van der Waals surface area contributed by atoms with Gasteiger partial charge in [0.05, 0.1) is 48.6 Å². The maximum absolute atomic E-state index is 14.5. The van der Waals surface area contributed by atoms with Gasteiger partial charge in [0.25, 0.3) is 17.7 Å². The highest BCUT2D eigenvalue weighted by Crippen LogP contribution is 2.34. The van der Waals surface area contributed by atoms with Gasteiger partial charge in [0, 0.05) is 57.7 Å². The molecule has 2 aliphatic rings. The molecule has 1 aromatic heterocycles. The number of benzene rings is 2. The molecule has 16 nitrogen and oxygen atoms in total. The number of hydrogen-bond acceptors (Lipinski definition) is 12. The number of likely N-dealkylation sites (tertiary alicyclic amines) is 1.